The number of hydrogen-bond donors (Lipinski definition) is 1. The van der Waals surface area contributed by atoms with Crippen molar-refractivity contribution in [1.82, 2.24) is 19.5 Å². The Kier molecular flexibility index (Phi) is 5.15. The summed E-state index contributed by atoms with van der Waals surface area (Å²) in [7, 11) is 0. The number of carboxylic acids is 1. The van der Waals surface area contributed by atoms with Gasteiger partial charge < -0.3 is 10.0 Å². The first-order valence-corrected chi connectivity index (χ1v) is 13.2. The molecule has 3 aliphatic rings. The number of carbonyl (C=O) groups excluding carboxylic acids is 1. The Hall–Kier alpha value is -4.07. The molecule has 2 saturated carbocycles. The average molecular weight is 511 g/mol. The molecule has 8 heteroatoms. The summed E-state index contributed by atoms with van der Waals surface area (Å²) >= 11 is 0. The molecule has 1 N–H and O–H groups in total. The maximum absolute atomic E-state index is 15.2. The average Bonchev–Trinajstić information content (AvgIpc) is 3.84. The van der Waals surface area contributed by atoms with Gasteiger partial charge in [0.15, 0.2) is 5.65 Å². The molecule has 192 valence electrons. The Morgan fingerprint density at radius 3 is 2.63 bits per heavy atom. The molecule has 2 aromatic carbocycles. The van der Waals surface area contributed by atoms with Crippen molar-refractivity contribution in [3.8, 4) is 11.3 Å². The van der Waals surface area contributed by atoms with E-state index in [1.54, 1.807) is 22.7 Å². The molecule has 2 aliphatic carbocycles. The standard InChI is InChI=1S/C30H27FN4O3/c1-16-20-5-3-2-4-17(20)10-11-34(16)29(36)26-14-27(18-6-7-18)35-28(32-26)15-25(33-35)21-9-8-19(12-24(21)31)22-13-23(22)30(37)38/h2-5,8-9,12,14-16,18,22-23H,6-7,10-11,13H2,1H3,(H,37,38)/t16-,22?,23-/m1/s1. The van der Waals surface area contributed by atoms with Crippen LogP contribution in [0.4, 0.5) is 4.39 Å². The predicted molar refractivity (Wildman–Crippen MR) is 138 cm³/mol. The summed E-state index contributed by atoms with van der Waals surface area (Å²) in [5.41, 5.74) is 5.76. The number of hydrogen-bond acceptors (Lipinski definition) is 4. The fourth-order valence-electron chi connectivity index (χ4n) is 5.91. The van der Waals surface area contributed by atoms with E-state index < -0.39 is 17.7 Å². The molecule has 4 aromatic rings. The predicted octanol–water partition coefficient (Wildman–Crippen LogP) is 5.36. The van der Waals surface area contributed by atoms with E-state index in [0.29, 0.717) is 47.0 Å². The number of nitrogens with zero attached hydrogens (tertiary/aromatic N) is 4. The van der Waals surface area contributed by atoms with E-state index in [4.69, 9.17) is 10.1 Å². The smallest absolute Gasteiger partial charge is 0.307 e. The maximum atomic E-state index is 15.2. The molecule has 2 aromatic heterocycles. The van der Waals surface area contributed by atoms with Crippen molar-refractivity contribution in [3.63, 3.8) is 0 Å². The Bertz CT molecular complexity index is 1630. The van der Waals surface area contributed by atoms with Crippen molar-refractivity contribution in [2.75, 3.05) is 6.54 Å². The number of halogens is 1. The number of rotatable bonds is 5. The van der Waals surface area contributed by atoms with Crippen molar-refractivity contribution >= 4 is 17.5 Å². The maximum Gasteiger partial charge on any atom is 0.307 e. The molecule has 38 heavy (non-hydrogen) atoms. The van der Waals surface area contributed by atoms with Crippen LogP contribution in [0.25, 0.3) is 16.9 Å². The Labute approximate surface area is 218 Å². The lowest BCUT2D eigenvalue weighted by Gasteiger charge is -2.35. The molecule has 2 fully saturated rings. The summed E-state index contributed by atoms with van der Waals surface area (Å²) in [6.45, 7) is 2.69. The summed E-state index contributed by atoms with van der Waals surface area (Å²) in [6, 6.07) is 16.7. The molecule has 3 atom stereocenters. The number of carboxylic acid groups (broad SMARTS) is 1. The van der Waals surface area contributed by atoms with Crippen molar-refractivity contribution in [3.05, 3.63) is 88.5 Å². The molecule has 0 saturated heterocycles. The van der Waals surface area contributed by atoms with Crippen LogP contribution >= 0.6 is 0 Å². The summed E-state index contributed by atoms with van der Waals surface area (Å²) in [5.74, 6) is -1.66. The molecule has 1 amide bonds. The fraction of sp³-hybridized carbons (Fsp3) is 0.333. The molecular formula is C30H27FN4O3. The van der Waals surface area contributed by atoms with Crippen LogP contribution in [0.3, 0.4) is 0 Å². The van der Waals surface area contributed by atoms with Gasteiger partial charge in [-0.25, -0.2) is 13.9 Å². The second kappa shape index (κ2) is 8.48. The topological polar surface area (TPSA) is 87.8 Å². The number of aromatic nitrogens is 3. The van der Waals surface area contributed by atoms with Gasteiger partial charge in [0, 0.05) is 29.8 Å². The van der Waals surface area contributed by atoms with Crippen LogP contribution in [0.15, 0.2) is 54.6 Å². The SMILES string of the molecule is C[C@@H]1c2ccccc2CCN1C(=O)c1cc(C2CC2)n2nc(-c3ccc(C4C[C@H]4C(=O)O)cc3F)cc2n1. The van der Waals surface area contributed by atoms with Crippen LogP contribution in [0, 0.1) is 11.7 Å². The molecule has 7 nitrogen and oxygen atoms in total. The van der Waals surface area contributed by atoms with Gasteiger partial charge >= 0.3 is 5.97 Å². The van der Waals surface area contributed by atoms with Crippen LogP contribution in [-0.2, 0) is 11.2 Å². The molecule has 1 aliphatic heterocycles. The van der Waals surface area contributed by atoms with Gasteiger partial charge in [-0.3, -0.25) is 9.59 Å². The number of fused-ring (bicyclic) bond motifs is 2. The minimum atomic E-state index is -0.841. The lowest BCUT2D eigenvalue weighted by atomic mass is 9.93. The highest BCUT2D eigenvalue weighted by Crippen LogP contribution is 2.48. The highest BCUT2D eigenvalue weighted by Gasteiger charge is 2.44. The first kappa shape index (κ1) is 23.1. The lowest BCUT2D eigenvalue weighted by molar-refractivity contribution is -0.138. The Morgan fingerprint density at radius 2 is 1.89 bits per heavy atom. The highest BCUT2D eigenvalue weighted by molar-refractivity contribution is 5.93. The number of benzene rings is 2. The van der Waals surface area contributed by atoms with E-state index in [-0.39, 0.29) is 17.9 Å². The summed E-state index contributed by atoms with van der Waals surface area (Å²) in [5, 5.41) is 13.9. The van der Waals surface area contributed by atoms with Crippen LogP contribution in [0.2, 0.25) is 0 Å². The highest BCUT2D eigenvalue weighted by atomic mass is 19.1. The third-order valence-corrected chi connectivity index (χ3v) is 8.33. The van der Waals surface area contributed by atoms with Gasteiger partial charge in [-0.15, -0.1) is 0 Å². The monoisotopic (exact) mass is 510 g/mol. The number of carbonyl (C=O) groups is 2. The van der Waals surface area contributed by atoms with E-state index in [1.165, 1.54) is 17.2 Å². The van der Waals surface area contributed by atoms with Crippen LogP contribution in [0.5, 0.6) is 0 Å². The second-order valence-electron chi connectivity index (χ2n) is 10.8. The largest absolute Gasteiger partial charge is 0.481 e. The van der Waals surface area contributed by atoms with E-state index in [9.17, 15) is 14.7 Å². The van der Waals surface area contributed by atoms with Crippen molar-refractivity contribution in [1.29, 1.82) is 0 Å². The van der Waals surface area contributed by atoms with E-state index in [0.717, 1.165) is 25.0 Å². The van der Waals surface area contributed by atoms with Gasteiger partial charge in [-0.1, -0.05) is 30.3 Å². The second-order valence-corrected chi connectivity index (χ2v) is 10.8. The number of amides is 1. The molecule has 0 radical (unpaired) electrons. The van der Waals surface area contributed by atoms with Gasteiger partial charge in [-0.05, 0) is 73.4 Å². The van der Waals surface area contributed by atoms with Gasteiger partial charge in [-0.2, -0.15) is 5.10 Å². The Morgan fingerprint density at radius 1 is 1.08 bits per heavy atom. The molecule has 7 rings (SSSR count). The molecule has 3 heterocycles. The molecule has 0 bridgehead atoms. The van der Waals surface area contributed by atoms with Crippen LogP contribution in [0.1, 0.15) is 76.9 Å². The summed E-state index contributed by atoms with van der Waals surface area (Å²) in [4.78, 5) is 31.5. The first-order valence-electron chi connectivity index (χ1n) is 13.2. The normalized spacial score (nSPS) is 22.4. The third-order valence-electron chi connectivity index (χ3n) is 8.33. The minimum absolute atomic E-state index is 0.0462. The van der Waals surface area contributed by atoms with Crippen molar-refractivity contribution < 1.29 is 19.1 Å². The van der Waals surface area contributed by atoms with Crippen molar-refractivity contribution in [2.24, 2.45) is 5.92 Å². The molecule has 0 spiro atoms. The quantitative estimate of drug-likeness (QED) is 0.391. The zero-order valence-electron chi connectivity index (χ0n) is 21.0. The van der Waals surface area contributed by atoms with Gasteiger partial charge in [0.1, 0.15) is 11.5 Å². The third kappa shape index (κ3) is 3.78. The molecular weight excluding hydrogens is 483 g/mol. The minimum Gasteiger partial charge on any atom is -0.481 e. The fourth-order valence-corrected chi connectivity index (χ4v) is 5.91. The lowest BCUT2D eigenvalue weighted by Crippen LogP contribution is -2.39. The molecule has 1 unspecified atom stereocenters. The van der Waals surface area contributed by atoms with Gasteiger partial charge in [0.05, 0.1) is 17.7 Å². The van der Waals surface area contributed by atoms with Crippen LogP contribution < -0.4 is 0 Å². The van der Waals surface area contributed by atoms with E-state index in [2.05, 4.69) is 19.1 Å². The van der Waals surface area contributed by atoms with Crippen molar-refractivity contribution in [2.45, 2.75) is 50.5 Å². The Balaban J connectivity index is 1.23. The summed E-state index contributed by atoms with van der Waals surface area (Å²) < 4.78 is 16.9. The van der Waals surface area contributed by atoms with Gasteiger partial charge in [0.25, 0.3) is 5.91 Å². The number of aliphatic carboxylic acids is 1. The summed E-state index contributed by atoms with van der Waals surface area (Å²) in [6.07, 6.45) is 3.38. The zero-order chi connectivity index (χ0) is 26.1. The zero-order valence-corrected chi connectivity index (χ0v) is 21.0. The van der Waals surface area contributed by atoms with E-state index >= 15 is 4.39 Å². The first-order chi connectivity index (χ1) is 18.4. The van der Waals surface area contributed by atoms with Crippen LogP contribution in [-0.4, -0.2) is 43.0 Å². The van der Waals surface area contributed by atoms with E-state index in [1.807, 2.05) is 23.1 Å². The van der Waals surface area contributed by atoms with Gasteiger partial charge in [0.2, 0.25) is 0 Å².